The highest BCUT2D eigenvalue weighted by Crippen LogP contribution is 2.35. The molecule has 0 radical (unpaired) electrons. The molecule has 17 heavy (non-hydrogen) atoms. The number of hydrogen-bond acceptors (Lipinski definition) is 3. The molecule has 0 bridgehead atoms. The van der Waals surface area contributed by atoms with E-state index in [2.05, 4.69) is 0 Å². The fourth-order valence-corrected chi connectivity index (χ4v) is 2.70. The second kappa shape index (κ2) is 5.23. The Morgan fingerprint density at radius 1 is 1.41 bits per heavy atom. The second-order valence-corrected chi connectivity index (χ2v) is 6.70. The standard InChI is InChI=1S/C11H14ClFO3S/c1-7(17(3,14)15)11(12)9-6-8(13)4-5-10(9)16-2/h4-7,11H,1-3H3. The quantitative estimate of drug-likeness (QED) is 0.796. The Morgan fingerprint density at radius 3 is 2.47 bits per heavy atom. The number of ether oxygens (including phenoxy) is 1. The Balaban J connectivity index is 3.19. The van der Waals surface area contributed by atoms with E-state index in [-0.39, 0.29) is 0 Å². The van der Waals surface area contributed by atoms with E-state index < -0.39 is 26.3 Å². The molecule has 0 aromatic heterocycles. The van der Waals surface area contributed by atoms with Crippen LogP contribution in [0.1, 0.15) is 17.9 Å². The first-order chi connectivity index (χ1) is 7.77. The number of rotatable bonds is 4. The molecule has 2 unspecified atom stereocenters. The van der Waals surface area contributed by atoms with Gasteiger partial charge in [0.1, 0.15) is 11.6 Å². The third kappa shape index (κ3) is 3.33. The van der Waals surface area contributed by atoms with Crippen LogP contribution in [0.2, 0.25) is 0 Å². The number of alkyl halides is 1. The van der Waals surface area contributed by atoms with Gasteiger partial charge >= 0.3 is 0 Å². The fraction of sp³-hybridized carbons (Fsp3) is 0.455. The normalized spacial score (nSPS) is 15.4. The van der Waals surface area contributed by atoms with Crippen LogP contribution in [0.15, 0.2) is 18.2 Å². The number of benzene rings is 1. The van der Waals surface area contributed by atoms with E-state index in [0.29, 0.717) is 11.3 Å². The highest BCUT2D eigenvalue weighted by molar-refractivity contribution is 7.91. The largest absolute Gasteiger partial charge is 0.496 e. The van der Waals surface area contributed by atoms with Gasteiger partial charge in [-0.3, -0.25) is 0 Å². The molecule has 0 saturated carbocycles. The van der Waals surface area contributed by atoms with Crippen LogP contribution in [0.25, 0.3) is 0 Å². The van der Waals surface area contributed by atoms with Crippen LogP contribution in [0, 0.1) is 5.82 Å². The minimum Gasteiger partial charge on any atom is -0.496 e. The van der Waals surface area contributed by atoms with E-state index in [1.807, 2.05) is 0 Å². The van der Waals surface area contributed by atoms with Crippen LogP contribution in [0.5, 0.6) is 5.75 Å². The van der Waals surface area contributed by atoms with Crippen molar-refractivity contribution in [2.75, 3.05) is 13.4 Å². The van der Waals surface area contributed by atoms with Gasteiger partial charge in [0.15, 0.2) is 9.84 Å². The van der Waals surface area contributed by atoms with Gasteiger partial charge in [0.05, 0.1) is 17.7 Å². The van der Waals surface area contributed by atoms with Crippen molar-refractivity contribution in [1.82, 2.24) is 0 Å². The molecule has 1 rings (SSSR count). The lowest BCUT2D eigenvalue weighted by molar-refractivity contribution is 0.407. The van der Waals surface area contributed by atoms with Crippen LogP contribution in [-0.2, 0) is 9.84 Å². The summed E-state index contributed by atoms with van der Waals surface area (Å²) in [5.74, 6) is -0.103. The van der Waals surface area contributed by atoms with E-state index in [9.17, 15) is 12.8 Å². The molecule has 96 valence electrons. The van der Waals surface area contributed by atoms with Gasteiger partial charge in [0, 0.05) is 11.8 Å². The molecule has 0 aliphatic rings. The predicted octanol–water partition coefficient (Wildman–Crippen LogP) is 2.55. The van der Waals surface area contributed by atoms with E-state index in [1.54, 1.807) is 0 Å². The Morgan fingerprint density at radius 2 is 2.00 bits per heavy atom. The SMILES string of the molecule is COc1ccc(F)cc1C(Cl)C(C)S(C)(=O)=O. The monoisotopic (exact) mass is 280 g/mol. The summed E-state index contributed by atoms with van der Waals surface area (Å²) in [5.41, 5.74) is 0.340. The van der Waals surface area contributed by atoms with Gasteiger partial charge < -0.3 is 4.74 Å². The van der Waals surface area contributed by atoms with Crippen molar-refractivity contribution in [1.29, 1.82) is 0 Å². The van der Waals surface area contributed by atoms with Gasteiger partial charge in [-0.15, -0.1) is 11.6 Å². The van der Waals surface area contributed by atoms with Crippen molar-refractivity contribution in [2.24, 2.45) is 0 Å². The number of halogens is 2. The lowest BCUT2D eigenvalue weighted by Gasteiger charge is -2.19. The van der Waals surface area contributed by atoms with Gasteiger partial charge in [-0.25, -0.2) is 12.8 Å². The van der Waals surface area contributed by atoms with Crippen molar-refractivity contribution >= 4 is 21.4 Å². The molecule has 1 aromatic rings. The highest BCUT2D eigenvalue weighted by atomic mass is 35.5. The summed E-state index contributed by atoms with van der Waals surface area (Å²) >= 11 is 6.07. The maximum absolute atomic E-state index is 13.1. The van der Waals surface area contributed by atoms with E-state index in [0.717, 1.165) is 6.26 Å². The average molecular weight is 281 g/mol. The van der Waals surface area contributed by atoms with E-state index in [1.165, 1.54) is 32.2 Å². The smallest absolute Gasteiger partial charge is 0.151 e. The zero-order chi connectivity index (χ0) is 13.2. The van der Waals surface area contributed by atoms with Crippen LogP contribution >= 0.6 is 11.6 Å². The molecule has 0 aliphatic carbocycles. The van der Waals surface area contributed by atoms with Gasteiger partial charge in [0.25, 0.3) is 0 Å². The average Bonchev–Trinajstić information content (AvgIpc) is 2.25. The van der Waals surface area contributed by atoms with Crippen molar-refractivity contribution in [3.63, 3.8) is 0 Å². The zero-order valence-electron chi connectivity index (χ0n) is 9.78. The highest BCUT2D eigenvalue weighted by Gasteiger charge is 2.28. The van der Waals surface area contributed by atoms with Crippen LogP contribution in [-0.4, -0.2) is 27.0 Å². The molecule has 0 heterocycles. The molecule has 1 aromatic carbocycles. The number of methoxy groups -OCH3 is 1. The fourth-order valence-electron chi connectivity index (χ4n) is 1.39. The van der Waals surface area contributed by atoms with Crippen LogP contribution in [0.4, 0.5) is 4.39 Å². The molecule has 0 fully saturated rings. The first-order valence-electron chi connectivity index (χ1n) is 4.93. The summed E-state index contributed by atoms with van der Waals surface area (Å²) in [7, 11) is -1.88. The summed E-state index contributed by atoms with van der Waals surface area (Å²) in [6, 6.07) is 3.85. The minimum absolute atomic E-state index is 0.340. The van der Waals surface area contributed by atoms with Gasteiger partial charge in [0.2, 0.25) is 0 Å². The molecular formula is C11H14ClFO3S. The molecule has 0 aliphatic heterocycles. The predicted molar refractivity (Wildman–Crippen MR) is 65.9 cm³/mol. The second-order valence-electron chi connectivity index (χ2n) is 3.82. The summed E-state index contributed by atoms with van der Waals surface area (Å²) in [6.07, 6.45) is 1.10. The third-order valence-electron chi connectivity index (χ3n) is 2.58. The minimum atomic E-state index is -3.30. The Hall–Kier alpha value is -0.810. The van der Waals surface area contributed by atoms with Gasteiger partial charge in [-0.2, -0.15) is 0 Å². The lowest BCUT2D eigenvalue weighted by atomic mass is 10.1. The van der Waals surface area contributed by atoms with Crippen LogP contribution < -0.4 is 4.74 Å². The van der Waals surface area contributed by atoms with E-state index >= 15 is 0 Å². The Kier molecular flexibility index (Phi) is 4.38. The van der Waals surface area contributed by atoms with Crippen molar-refractivity contribution in [3.8, 4) is 5.75 Å². The summed E-state index contributed by atoms with van der Waals surface area (Å²) in [6.45, 7) is 1.48. The van der Waals surface area contributed by atoms with Crippen molar-refractivity contribution in [2.45, 2.75) is 17.6 Å². The maximum atomic E-state index is 13.1. The van der Waals surface area contributed by atoms with E-state index in [4.69, 9.17) is 16.3 Å². The third-order valence-corrected chi connectivity index (χ3v) is 4.96. The molecule has 0 spiro atoms. The van der Waals surface area contributed by atoms with Gasteiger partial charge in [-0.1, -0.05) is 0 Å². The number of sulfone groups is 1. The molecule has 0 amide bonds. The lowest BCUT2D eigenvalue weighted by Crippen LogP contribution is -2.21. The molecule has 0 saturated heterocycles. The first-order valence-corrected chi connectivity index (χ1v) is 7.33. The summed E-state index contributed by atoms with van der Waals surface area (Å²) < 4.78 is 41.0. The molecule has 2 atom stereocenters. The van der Waals surface area contributed by atoms with Gasteiger partial charge in [-0.05, 0) is 25.1 Å². The molecule has 3 nitrogen and oxygen atoms in total. The van der Waals surface area contributed by atoms with Crippen molar-refractivity contribution < 1.29 is 17.5 Å². The van der Waals surface area contributed by atoms with Crippen molar-refractivity contribution in [3.05, 3.63) is 29.6 Å². The summed E-state index contributed by atoms with van der Waals surface area (Å²) in [4.78, 5) is 0. The molecule has 0 N–H and O–H groups in total. The van der Waals surface area contributed by atoms with Crippen LogP contribution in [0.3, 0.4) is 0 Å². The number of hydrogen-bond donors (Lipinski definition) is 0. The Bertz CT molecular complexity index is 501. The Labute approximate surface area is 105 Å². The maximum Gasteiger partial charge on any atom is 0.151 e. The first kappa shape index (κ1) is 14.3. The molecule has 6 heteroatoms. The zero-order valence-corrected chi connectivity index (χ0v) is 11.3. The molecular weight excluding hydrogens is 267 g/mol. The topological polar surface area (TPSA) is 43.4 Å². The summed E-state index contributed by atoms with van der Waals surface area (Å²) in [5, 5.41) is -1.67.